The van der Waals surface area contributed by atoms with Crippen LogP contribution in [0.4, 0.5) is 17.1 Å². The molecule has 0 atom stereocenters. The number of para-hydroxylation sites is 1. The maximum atomic E-state index is 9.45. The summed E-state index contributed by atoms with van der Waals surface area (Å²) in [7, 11) is 0. The minimum absolute atomic E-state index is 0.0809. The number of hydrogen-bond acceptors (Lipinski definition) is 1. The van der Waals surface area contributed by atoms with Crippen LogP contribution in [0.15, 0.2) is 242 Å². The van der Waals surface area contributed by atoms with Gasteiger partial charge in [-0.15, -0.1) is 0 Å². The normalized spacial score (nSPS) is 13.0. The molecule has 2 heteroatoms. The molecule has 0 radical (unpaired) electrons. The Labute approximate surface area is 360 Å². The van der Waals surface area contributed by atoms with Crippen molar-refractivity contribution in [3.05, 3.63) is 242 Å². The van der Waals surface area contributed by atoms with E-state index in [1.165, 1.54) is 11.1 Å². The first-order valence-electron chi connectivity index (χ1n) is 23.5. The summed E-state index contributed by atoms with van der Waals surface area (Å²) in [6, 6.07) is 66.2. The largest absolute Gasteiger partial charge is 0.310 e. The first kappa shape index (κ1) is 28.5. The van der Waals surface area contributed by atoms with Gasteiger partial charge in [0.2, 0.25) is 0 Å². The monoisotopic (exact) mass is 771 g/mol. The highest BCUT2D eigenvalue weighted by Gasteiger charge is 2.19. The van der Waals surface area contributed by atoms with Crippen molar-refractivity contribution >= 4 is 49.6 Å². The molecule has 0 unspecified atom stereocenters. The van der Waals surface area contributed by atoms with Crippen molar-refractivity contribution in [1.29, 1.82) is 0 Å². The minimum atomic E-state index is -0.494. The SMILES string of the molecule is [2H]c1c([2H])c([2H])c2c([2H])c(-n3c4ccccc4c4c(-c5cccc(N(c6ccc(-c7ccccc7)cc6)c6ccc(-c7ccc(-c8ccccc8)cc7)cc6)c5)cccc43)c([2H])c([2H])c2c1[2H]. The van der Waals surface area contributed by atoms with Crippen molar-refractivity contribution < 1.29 is 9.60 Å². The molecule has 0 saturated carbocycles. The topological polar surface area (TPSA) is 8.17 Å². The van der Waals surface area contributed by atoms with Crippen LogP contribution in [0.1, 0.15) is 9.60 Å². The Kier molecular flexibility index (Phi) is 7.16. The first-order valence-corrected chi connectivity index (χ1v) is 20.0. The van der Waals surface area contributed by atoms with Crippen LogP contribution in [0.25, 0.3) is 82.8 Å². The second-order valence-electron chi connectivity index (χ2n) is 14.8. The van der Waals surface area contributed by atoms with E-state index in [0.29, 0.717) is 11.0 Å². The highest BCUT2D eigenvalue weighted by molar-refractivity contribution is 6.16. The van der Waals surface area contributed by atoms with E-state index in [0.717, 1.165) is 61.2 Å². The van der Waals surface area contributed by atoms with E-state index >= 15 is 0 Å². The van der Waals surface area contributed by atoms with E-state index in [1.807, 2.05) is 60.7 Å². The van der Waals surface area contributed by atoms with Crippen LogP contribution in [0, 0.1) is 0 Å². The molecule has 0 aliphatic carbocycles. The Hall–Kier alpha value is -7.94. The van der Waals surface area contributed by atoms with Crippen molar-refractivity contribution in [3.8, 4) is 50.2 Å². The molecule has 60 heavy (non-hydrogen) atoms. The summed E-state index contributed by atoms with van der Waals surface area (Å²) in [6.07, 6.45) is 0. The Morgan fingerprint density at radius 1 is 0.367 bits per heavy atom. The highest BCUT2D eigenvalue weighted by atomic mass is 15.1. The molecule has 11 rings (SSSR count). The van der Waals surface area contributed by atoms with Gasteiger partial charge in [-0.2, -0.15) is 0 Å². The van der Waals surface area contributed by atoms with Crippen molar-refractivity contribution in [3.63, 3.8) is 0 Å². The fourth-order valence-electron chi connectivity index (χ4n) is 8.37. The van der Waals surface area contributed by atoms with Crippen LogP contribution in [-0.2, 0) is 0 Å². The second kappa shape index (κ2) is 15.1. The van der Waals surface area contributed by atoms with Crippen LogP contribution in [0.3, 0.4) is 0 Å². The van der Waals surface area contributed by atoms with Crippen molar-refractivity contribution in [2.45, 2.75) is 0 Å². The lowest BCUT2D eigenvalue weighted by atomic mass is 9.98. The maximum absolute atomic E-state index is 9.45. The molecule has 11 aromatic rings. The first-order chi connectivity index (χ1) is 32.7. The molecule has 0 spiro atoms. The maximum Gasteiger partial charge on any atom is 0.0651 e. The van der Waals surface area contributed by atoms with Gasteiger partial charge in [-0.1, -0.05) is 182 Å². The van der Waals surface area contributed by atoms with Gasteiger partial charge in [-0.3, -0.25) is 0 Å². The lowest BCUT2D eigenvalue weighted by Crippen LogP contribution is -2.10. The van der Waals surface area contributed by atoms with Crippen molar-refractivity contribution in [2.24, 2.45) is 0 Å². The molecule has 0 saturated heterocycles. The summed E-state index contributed by atoms with van der Waals surface area (Å²) in [5.74, 6) is 0. The predicted molar refractivity (Wildman–Crippen MR) is 255 cm³/mol. The molecule has 0 aliphatic heterocycles. The predicted octanol–water partition coefficient (Wildman–Crippen LogP) is 16.1. The summed E-state index contributed by atoms with van der Waals surface area (Å²) in [4.78, 5) is 2.26. The molecule has 0 fully saturated rings. The quantitative estimate of drug-likeness (QED) is 0.149. The molecular formula is C58H40N2. The van der Waals surface area contributed by atoms with Crippen molar-refractivity contribution in [1.82, 2.24) is 4.57 Å². The molecular weight excluding hydrogens is 725 g/mol. The minimum Gasteiger partial charge on any atom is -0.310 e. The standard InChI is InChI=1S/C58H40N2/c1-3-13-41(14-4-1)44-25-27-45(28-26-44)47-31-36-51(37-32-47)59(50-34-29-46(30-35-50)42-15-5-2-6-16-42)52-20-11-19-49(40-52)54-22-12-24-57-58(54)55-21-9-10-23-56(55)60(57)53-38-33-43-17-7-8-18-48(43)39-53/h1-40H/i7D,8D,17D,18D,33D,38D,39D. The van der Waals surface area contributed by atoms with Gasteiger partial charge in [-0.05, 0) is 116 Å². The van der Waals surface area contributed by atoms with Gasteiger partial charge < -0.3 is 9.47 Å². The third-order valence-electron chi connectivity index (χ3n) is 11.3. The van der Waals surface area contributed by atoms with Gasteiger partial charge >= 0.3 is 0 Å². The zero-order valence-corrected chi connectivity index (χ0v) is 32.4. The molecule has 1 heterocycles. The Morgan fingerprint density at radius 3 is 1.50 bits per heavy atom. The highest BCUT2D eigenvalue weighted by Crippen LogP contribution is 2.42. The number of aromatic nitrogens is 1. The fourth-order valence-corrected chi connectivity index (χ4v) is 8.37. The summed E-state index contributed by atoms with van der Waals surface area (Å²) in [6.45, 7) is 0. The molecule has 10 aromatic carbocycles. The zero-order valence-electron chi connectivity index (χ0n) is 39.4. The lowest BCUT2D eigenvalue weighted by molar-refractivity contribution is 1.19. The van der Waals surface area contributed by atoms with Crippen LogP contribution in [0.2, 0.25) is 0 Å². The third kappa shape index (κ3) is 6.41. The van der Waals surface area contributed by atoms with E-state index < -0.39 is 24.2 Å². The van der Waals surface area contributed by atoms with Crippen LogP contribution >= 0.6 is 0 Å². The molecule has 2 nitrogen and oxygen atoms in total. The average molecular weight is 772 g/mol. The van der Waals surface area contributed by atoms with E-state index in [2.05, 4.69) is 144 Å². The van der Waals surface area contributed by atoms with Gasteiger partial charge in [-0.25, -0.2) is 0 Å². The number of fused-ring (bicyclic) bond motifs is 4. The van der Waals surface area contributed by atoms with Gasteiger partial charge in [0.25, 0.3) is 0 Å². The molecule has 282 valence electrons. The number of nitrogens with zero attached hydrogens (tertiary/aromatic N) is 2. The molecule has 1 aromatic heterocycles. The van der Waals surface area contributed by atoms with Gasteiger partial charge in [0.1, 0.15) is 0 Å². The smallest absolute Gasteiger partial charge is 0.0651 e. The van der Waals surface area contributed by atoms with Crippen LogP contribution < -0.4 is 4.90 Å². The third-order valence-corrected chi connectivity index (χ3v) is 11.3. The number of rotatable bonds is 8. The summed E-state index contributed by atoms with van der Waals surface area (Å²) >= 11 is 0. The number of hydrogen-bond donors (Lipinski definition) is 0. The average Bonchev–Trinajstić information content (AvgIpc) is 3.71. The number of benzene rings is 10. The summed E-state index contributed by atoms with van der Waals surface area (Å²) in [5.41, 5.74) is 13.1. The Balaban J connectivity index is 1.05. The molecule has 0 aliphatic rings. The zero-order chi connectivity index (χ0) is 45.9. The van der Waals surface area contributed by atoms with E-state index in [4.69, 9.17) is 6.85 Å². The summed E-state index contributed by atoms with van der Waals surface area (Å²) < 4.78 is 63.6. The van der Waals surface area contributed by atoms with Gasteiger partial charge in [0.15, 0.2) is 0 Å². The molecule has 0 bridgehead atoms. The number of anilines is 3. The van der Waals surface area contributed by atoms with Crippen LogP contribution in [0.5, 0.6) is 0 Å². The molecule has 0 amide bonds. The van der Waals surface area contributed by atoms with Gasteiger partial charge in [0, 0.05) is 33.5 Å². The fraction of sp³-hybridized carbons (Fsp3) is 0. The van der Waals surface area contributed by atoms with Gasteiger partial charge in [0.05, 0.1) is 20.6 Å². The Morgan fingerprint density at radius 2 is 0.867 bits per heavy atom. The summed E-state index contributed by atoms with van der Waals surface area (Å²) in [5, 5.41) is 1.55. The van der Waals surface area contributed by atoms with E-state index in [1.54, 1.807) is 4.57 Å². The molecule has 0 N–H and O–H groups in total. The van der Waals surface area contributed by atoms with Crippen molar-refractivity contribution in [2.75, 3.05) is 4.90 Å². The second-order valence-corrected chi connectivity index (χ2v) is 14.8. The Bertz CT molecular complexity index is 3680. The van der Waals surface area contributed by atoms with E-state index in [9.17, 15) is 2.74 Å². The van der Waals surface area contributed by atoms with Crippen LogP contribution in [-0.4, -0.2) is 4.57 Å². The van der Waals surface area contributed by atoms with E-state index in [-0.39, 0.29) is 34.6 Å². The lowest BCUT2D eigenvalue weighted by Gasteiger charge is -2.26.